The van der Waals surface area contributed by atoms with Crippen LogP contribution in [0.15, 0.2) is 102 Å². The van der Waals surface area contributed by atoms with Gasteiger partial charge in [-0.25, -0.2) is 15.0 Å². The summed E-state index contributed by atoms with van der Waals surface area (Å²) in [5.74, 6) is 1.75. The van der Waals surface area contributed by atoms with Crippen molar-refractivity contribution in [3.8, 4) is 34.2 Å². The molecule has 0 aliphatic carbocycles. The molecular weight excluding hydrogens is 442 g/mol. The average Bonchev–Trinajstić information content (AvgIpc) is 3.41. The Hall–Kier alpha value is -4.98. The first-order chi connectivity index (χ1) is 17.2. The van der Waals surface area contributed by atoms with Gasteiger partial charge < -0.3 is 19.8 Å². The number of aromatic nitrogens is 3. The molecule has 8 heteroatoms. The molecule has 0 saturated carbocycles. The summed E-state index contributed by atoms with van der Waals surface area (Å²) in [5.41, 5.74) is 3.34. The van der Waals surface area contributed by atoms with Gasteiger partial charge in [0.25, 0.3) is 5.91 Å². The largest absolute Gasteiger partial charge is 0.464 e. The van der Waals surface area contributed by atoms with E-state index in [2.05, 4.69) is 25.6 Å². The van der Waals surface area contributed by atoms with E-state index in [1.54, 1.807) is 55.8 Å². The van der Waals surface area contributed by atoms with Crippen LogP contribution in [-0.4, -0.2) is 27.9 Å². The summed E-state index contributed by atoms with van der Waals surface area (Å²) < 4.78 is 11.6. The molecule has 8 nitrogen and oxygen atoms in total. The third-order valence-corrected chi connectivity index (χ3v) is 5.20. The highest BCUT2D eigenvalue weighted by atomic mass is 16.5. The molecule has 0 aliphatic rings. The first-order valence-corrected chi connectivity index (χ1v) is 10.9. The van der Waals surface area contributed by atoms with E-state index >= 15 is 0 Å². The van der Waals surface area contributed by atoms with Crippen molar-refractivity contribution >= 4 is 17.5 Å². The van der Waals surface area contributed by atoms with E-state index in [1.165, 1.54) is 6.26 Å². The molecule has 3 aromatic heterocycles. The average molecular weight is 463 g/mol. The highest BCUT2D eigenvalue weighted by Crippen LogP contribution is 2.31. The van der Waals surface area contributed by atoms with E-state index in [9.17, 15) is 4.79 Å². The Kier molecular flexibility index (Phi) is 6.17. The van der Waals surface area contributed by atoms with Gasteiger partial charge in [0.1, 0.15) is 11.5 Å². The molecule has 35 heavy (non-hydrogen) atoms. The van der Waals surface area contributed by atoms with Crippen LogP contribution in [0, 0.1) is 0 Å². The second-order valence-electron chi connectivity index (χ2n) is 7.48. The molecule has 1 amide bonds. The maximum atomic E-state index is 12.9. The number of ether oxygens (including phenoxy) is 1. The molecule has 5 aromatic rings. The summed E-state index contributed by atoms with van der Waals surface area (Å²) in [6.07, 6.45) is 4.84. The van der Waals surface area contributed by atoms with Crippen molar-refractivity contribution in [1.82, 2.24) is 15.0 Å². The molecule has 3 heterocycles. The van der Waals surface area contributed by atoms with Gasteiger partial charge in [-0.15, -0.1) is 0 Å². The van der Waals surface area contributed by atoms with Crippen LogP contribution in [0.3, 0.4) is 0 Å². The number of amides is 1. The second-order valence-corrected chi connectivity index (χ2v) is 7.48. The van der Waals surface area contributed by atoms with E-state index in [0.29, 0.717) is 40.3 Å². The quantitative estimate of drug-likeness (QED) is 0.310. The second kappa shape index (κ2) is 9.88. The van der Waals surface area contributed by atoms with Gasteiger partial charge in [-0.3, -0.25) is 4.79 Å². The van der Waals surface area contributed by atoms with Gasteiger partial charge >= 0.3 is 0 Å². The van der Waals surface area contributed by atoms with Gasteiger partial charge in [0.15, 0.2) is 0 Å². The number of hydrogen-bond acceptors (Lipinski definition) is 7. The minimum atomic E-state index is -0.262. The predicted octanol–water partition coefficient (Wildman–Crippen LogP) is 5.88. The number of nitrogens with one attached hydrogen (secondary N) is 2. The number of rotatable bonds is 7. The lowest BCUT2D eigenvalue weighted by Crippen LogP contribution is -2.11. The summed E-state index contributed by atoms with van der Waals surface area (Å²) in [5, 5.41) is 5.83. The SMILES string of the molecule is CNc1nccc(-c2cccnc2Oc2ccc(NC(=O)c3ccoc3-c3ccccc3)cc2)n1. The number of pyridine rings is 1. The van der Waals surface area contributed by atoms with Crippen LogP contribution in [-0.2, 0) is 0 Å². The highest BCUT2D eigenvalue weighted by Gasteiger charge is 2.16. The molecule has 0 bridgehead atoms. The van der Waals surface area contributed by atoms with E-state index < -0.39 is 0 Å². The van der Waals surface area contributed by atoms with Gasteiger partial charge in [-0.05, 0) is 48.5 Å². The van der Waals surface area contributed by atoms with Crippen molar-refractivity contribution in [2.24, 2.45) is 0 Å². The number of carbonyl (C=O) groups excluding carboxylic acids is 1. The van der Waals surface area contributed by atoms with Crippen molar-refractivity contribution in [2.45, 2.75) is 0 Å². The van der Waals surface area contributed by atoms with Crippen LogP contribution < -0.4 is 15.4 Å². The van der Waals surface area contributed by atoms with E-state index in [-0.39, 0.29) is 5.91 Å². The maximum absolute atomic E-state index is 12.9. The fourth-order valence-electron chi connectivity index (χ4n) is 3.51. The first kappa shape index (κ1) is 21.8. The molecule has 0 fully saturated rings. The van der Waals surface area contributed by atoms with Crippen LogP contribution in [0.1, 0.15) is 10.4 Å². The number of furan rings is 1. The Morgan fingerprint density at radius 3 is 2.51 bits per heavy atom. The number of nitrogens with zero attached hydrogens (tertiary/aromatic N) is 3. The zero-order valence-corrected chi connectivity index (χ0v) is 18.8. The van der Waals surface area contributed by atoms with Crippen molar-refractivity contribution in [2.75, 3.05) is 17.7 Å². The third-order valence-electron chi connectivity index (χ3n) is 5.20. The molecule has 0 atom stereocenters. The Bertz CT molecular complexity index is 1450. The molecule has 0 radical (unpaired) electrons. The standard InChI is InChI=1S/C27H21N5O3/c1-28-27-30-16-13-23(32-27)21-8-5-15-29-26(21)35-20-11-9-19(10-12-20)31-25(33)22-14-17-34-24(22)18-6-3-2-4-7-18/h2-17H,1H3,(H,31,33)(H,28,30,32). The molecule has 0 saturated heterocycles. The molecular formula is C27H21N5O3. The van der Waals surface area contributed by atoms with Crippen molar-refractivity contribution in [3.05, 3.63) is 103 Å². The van der Waals surface area contributed by atoms with E-state index in [1.807, 2.05) is 42.5 Å². The predicted molar refractivity (Wildman–Crippen MR) is 133 cm³/mol. The minimum absolute atomic E-state index is 0.262. The molecule has 5 rings (SSSR count). The normalized spacial score (nSPS) is 10.5. The van der Waals surface area contributed by atoms with Gasteiger partial charge in [0.05, 0.1) is 23.1 Å². The Balaban J connectivity index is 1.31. The van der Waals surface area contributed by atoms with Crippen LogP contribution in [0.2, 0.25) is 0 Å². The number of carbonyl (C=O) groups is 1. The number of benzene rings is 2. The molecule has 2 aromatic carbocycles. The fraction of sp³-hybridized carbons (Fsp3) is 0.0370. The lowest BCUT2D eigenvalue weighted by molar-refractivity contribution is 0.102. The minimum Gasteiger partial charge on any atom is -0.464 e. The highest BCUT2D eigenvalue weighted by molar-refractivity contribution is 6.07. The Labute approximate surface area is 201 Å². The molecule has 2 N–H and O–H groups in total. The van der Waals surface area contributed by atoms with Crippen LogP contribution in [0.5, 0.6) is 11.6 Å². The van der Waals surface area contributed by atoms with Crippen molar-refractivity contribution < 1.29 is 13.9 Å². The Morgan fingerprint density at radius 1 is 0.886 bits per heavy atom. The summed E-state index contributed by atoms with van der Waals surface area (Å²) in [7, 11) is 1.76. The summed E-state index contributed by atoms with van der Waals surface area (Å²) in [6, 6.07) is 23.7. The Morgan fingerprint density at radius 2 is 1.71 bits per heavy atom. The van der Waals surface area contributed by atoms with Crippen molar-refractivity contribution in [3.63, 3.8) is 0 Å². The maximum Gasteiger partial charge on any atom is 0.259 e. The monoisotopic (exact) mass is 463 g/mol. The smallest absolute Gasteiger partial charge is 0.259 e. The molecule has 0 aliphatic heterocycles. The third kappa shape index (κ3) is 4.86. The zero-order chi connectivity index (χ0) is 24.0. The van der Waals surface area contributed by atoms with Crippen molar-refractivity contribution in [1.29, 1.82) is 0 Å². The lowest BCUT2D eigenvalue weighted by atomic mass is 10.1. The van der Waals surface area contributed by atoms with Gasteiger partial charge in [0, 0.05) is 30.7 Å². The lowest BCUT2D eigenvalue weighted by Gasteiger charge is -2.11. The fourth-order valence-corrected chi connectivity index (χ4v) is 3.51. The summed E-state index contributed by atoms with van der Waals surface area (Å²) in [6.45, 7) is 0. The van der Waals surface area contributed by atoms with E-state index in [0.717, 1.165) is 11.1 Å². The van der Waals surface area contributed by atoms with Crippen LogP contribution >= 0.6 is 0 Å². The topological polar surface area (TPSA) is 102 Å². The zero-order valence-electron chi connectivity index (χ0n) is 18.8. The molecule has 172 valence electrons. The summed E-state index contributed by atoms with van der Waals surface area (Å²) >= 11 is 0. The van der Waals surface area contributed by atoms with Crippen LogP contribution in [0.4, 0.5) is 11.6 Å². The van der Waals surface area contributed by atoms with Gasteiger partial charge in [0.2, 0.25) is 11.8 Å². The molecule has 0 unspecified atom stereocenters. The van der Waals surface area contributed by atoms with E-state index in [4.69, 9.17) is 9.15 Å². The van der Waals surface area contributed by atoms with Crippen LogP contribution in [0.25, 0.3) is 22.6 Å². The number of hydrogen-bond donors (Lipinski definition) is 2. The van der Waals surface area contributed by atoms with Gasteiger partial charge in [-0.1, -0.05) is 30.3 Å². The summed E-state index contributed by atoms with van der Waals surface area (Å²) in [4.78, 5) is 25.8. The first-order valence-electron chi connectivity index (χ1n) is 10.9. The van der Waals surface area contributed by atoms with Gasteiger partial charge in [-0.2, -0.15) is 0 Å². The molecule has 0 spiro atoms. The number of anilines is 2.